The van der Waals surface area contributed by atoms with Crippen LogP contribution in [0.1, 0.15) is 6.92 Å². The Balaban J connectivity index is 0. The van der Waals surface area contributed by atoms with Gasteiger partial charge in [0.05, 0.1) is 0 Å². The average molecular weight is 319 g/mol. The Labute approximate surface area is 93.9 Å². The Hall–Kier alpha value is -0.915. The second kappa shape index (κ2) is 6.62. The number of nitrogens with one attached hydrogen (secondary N) is 2. The van der Waals surface area contributed by atoms with Crippen LogP contribution in [0.2, 0.25) is 0 Å². The summed E-state index contributed by atoms with van der Waals surface area (Å²) in [6.45, 7) is 1.29. The molecule has 96 valence electrons. The Morgan fingerprint density at radius 3 is 1.56 bits per heavy atom. The van der Waals surface area contributed by atoms with E-state index >= 15 is 0 Å². The van der Waals surface area contributed by atoms with Gasteiger partial charge in [-0.15, -0.1) is 0 Å². The molecule has 0 unspecified atom stereocenters. The molecular weight excluding hydrogens is 310 g/mol. The number of carbonyl (C=O) groups is 1. The summed E-state index contributed by atoms with van der Waals surface area (Å²) in [4.78, 5) is 9.92. The number of amides is 1. The Morgan fingerprint density at radius 1 is 1.25 bits per heavy atom. The van der Waals surface area contributed by atoms with Gasteiger partial charge in [0.1, 0.15) is 0 Å². The van der Waals surface area contributed by atoms with Gasteiger partial charge < -0.3 is 5.73 Å². The van der Waals surface area contributed by atoms with E-state index in [0.717, 1.165) is 0 Å². The van der Waals surface area contributed by atoms with Gasteiger partial charge in [-0.3, -0.25) is 15.5 Å². The van der Waals surface area contributed by atoms with Crippen LogP contribution in [0.5, 0.6) is 0 Å². The predicted octanol–water partition coefficient (Wildman–Crippen LogP) is -2.65. The third kappa shape index (κ3) is 23.2. The van der Waals surface area contributed by atoms with Crippen molar-refractivity contribution < 1.29 is 58.4 Å². The topological polar surface area (TPSA) is 197 Å². The molecule has 0 heterocycles. The molecule has 0 aromatic rings. The molecule has 0 aromatic carbocycles. The van der Waals surface area contributed by atoms with E-state index in [4.69, 9.17) is 19.5 Å². The molecule has 13 heteroatoms. The molecule has 0 aliphatic heterocycles. The first-order chi connectivity index (χ1) is 6.83. The standard InChI is InChI=1S/C3H7N3O.2Cr.2H2O.5O/c1-2(7)6-3(4)5;;;;;;;;;/h1H3,(H4,4,5,6,7);;;2*1H2;;;;;/q;2*+1;;;;;;;/p-2. The third-order valence-corrected chi connectivity index (χ3v) is 3.23. The zero-order valence-corrected chi connectivity index (χ0v) is 10.3. The van der Waals surface area contributed by atoms with Gasteiger partial charge in [0.25, 0.3) is 0 Å². The van der Waals surface area contributed by atoms with Crippen LogP contribution in [-0.4, -0.2) is 20.2 Å². The second-order valence-corrected chi connectivity index (χ2v) is 5.78. The van der Waals surface area contributed by atoms with Crippen molar-refractivity contribution in [1.29, 1.82) is 5.41 Å². The quantitative estimate of drug-likeness (QED) is 0.266. The Morgan fingerprint density at radius 2 is 1.56 bits per heavy atom. The fraction of sp³-hybridized carbons (Fsp3) is 0.333. The normalized spacial score (nSPS) is 10.9. The molecular formula is C3H9Cr2N3O8. The summed E-state index contributed by atoms with van der Waals surface area (Å²) in [5.74, 6) is -0.625. The van der Waals surface area contributed by atoms with E-state index in [-0.39, 0.29) is 11.9 Å². The monoisotopic (exact) mass is 319 g/mol. The number of rotatable bonds is 2. The SMILES string of the molecule is CC(=O)NC(=N)N.[O]=[Cr](=[O])([OH])[O][Cr](=[O])(=[O])[OH]. The molecule has 0 fully saturated rings. The summed E-state index contributed by atoms with van der Waals surface area (Å²) in [6.07, 6.45) is 0. The van der Waals surface area contributed by atoms with Crippen molar-refractivity contribution in [3.05, 3.63) is 0 Å². The van der Waals surface area contributed by atoms with Crippen molar-refractivity contribution in [3.63, 3.8) is 0 Å². The first-order valence-electron chi connectivity index (χ1n) is 3.11. The summed E-state index contributed by atoms with van der Waals surface area (Å²) in [6, 6.07) is 0. The van der Waals surface area contributed by atoms with Gasteiger partial charge in [-0.05, 0) is 0 Å². The van der Waals surface area contributed by atoms with Gasteiger partial charge in [-0.1, -0.05) is 0 Å². The summed E-state index contributed by atoms with van der Waals surface area (Å²) in [7, 11) is 0. The average Bonchev–Trinajstić information content (AvgIpc) is 1.72. The zero-order chi connectivity index (χ0) is 13.6. The molecule has 0 saturated carbocycles. The van der Waals surface area contributed by atoms with Crippen molar-refractivity contribution >= 4 is 11.9 Å². The fourth-order valence-corrected chi connectivity index (χ4v) is 2.04. The maximum absolute atomic E-state index is 9.92. The first-order valence-corrected chi connectivity index (χ1v) is 7.37. The Bertz CT molecular complexity index is 407. The fourth-order valence-electron chi connectivity index (χ4n) is 0.298. The van der Waals surface area contributed by atoms with Crippen LogP contribution in [0, 0.1) is 5.41 Å². The van der Waals surface area contributed by atoms with Crippen molar-refractivity contribution in [2.45, 2.75) is 6.92 Å². The molecule has 6 N–H and O–H groups in total. The van der Waals surface area contributed by atoms with Crippen LogP contribution in [0.25, 0.3) is 0 Å². The number of hydrogen-bond acceptors (Lipinski definition) is 7. The van der Waals surface area contributed by atoms with E-state index in [1.54, 1.807) is 0 Å². The van der Waals surface area contributed by atoms with E-state index in [9.17, 15) is 20.0 Å². The maximum atomic E-state index is 9.92. The number of nitrogens with two attached hydrogens (primary N) is 1. The molecule has 11 nitrogen and oxygen atoms in total. The number of hydrogen-bond donors (Lipinski definition) is 5. The summed E-state index contributed by atoms with van der Waals surface area (Å²) in [5.41, 5.74) is 4.74. The van der Waals surface area contributed by atoms with E-state index in [2.05, 4.69) is 2.84 Å². The molecule has 0 saturated heterocycles. The number of guanidine groups is 1. The van der Waals surface area contributed by atoms with E-state index in [1.807, 2.05) is 5.32 Å². The zero-order valence-electron chi connectivity index (χ0n) is 7.74. The van der Waals surface area contributed by atoms with E-state index < -0.39 is 27.2 Å². The van der Waals surface area contributed by atoms with Gasteiger partial charge in [0, 0.05) is 6.92 Å². The molecule has 0 radical (unpaired) electrons. The molecule has 0 aromatic heterocycles. The van der Waals surface area contributed by atoms with Crippen LogP contribution in [-0.2, 0) is 50.1 Å². The van der Waals surface area contributed by atoms with Gasteiger partial charge >= 0.3 is 53.6 Å². The van der Waals surface area contributed by atoms with Crippen molar-refractivity contribution in [2.24, 2.45) is 5.73 Å². The van der Waals surface area contributed by atoms with Crippen LogP contribution in [0.4, 0.5) is 0 Å². The predicted molar refractivity (Wildman–Crippen MR) is 34.0 cm³/mol. The van der Waals surface area contributed by atoms with E-state index in [1.165, 1.54) is 6.92 Å². The molecule has 0 spiro atoms. The Kier molecular flexibility index (Phi) is 7.23. The molecule has 0 aliphatic rings. The third-order valence-electron chi connectivity index (χ3n) is 0.483. The van der Waals surface area contributed by atoms with Gasteiger partial charge in [0.15, 0.2) is 5.96 Å². The summed E-state index contributed by atoms with van der Waals surface area (Å²) in [5, 5.41) is 8.50. The molecule has 0 aliphatic carbocycles. The van der Waals surface area contributed by atoms with Gasteiger partial charge in [-0.25, -0.2) is 0 Å². The van der Waals surface area contributed by atoms with Crippen LogP contribution in [0.15, 0.2) is 0 Å². The van der Waals surface area contributed by atoms with Crippen LogP contribution >= 0.6 is 0 Å². The second-order valence-electron chi connectivity index (χ2n) is 2.02. The minimum absolute atomic E-state index is 0.312. The summed E-state index contributed by atoms with van der Waals surface area (Å²) < 4.78 is 56.3. The minimum atomic E-state index is -5.76. The number of carbonyl (C=O) groups excluding carboxylic acids is 1. The van der Waals surface area contributed by atoms with Gasteiger partial charge in [0.2, 0.25) is 5.91 Å². The van der Waals surface area contributed by atoms with Crippen LogP contribution in [0.3, 0.4) is 0 Å². The molecule has 16 heavy (non-hydrogen) atoms. The first kappa shape index (κ1) is 17.5. The molecule has 0 rings (SSSR count). The van der Waals surface area contributed by atoms with Crippen LogP contribution < -0.4 is 11.1 Å². The molecule has 0 atom stereocenters. The van der Waals surface area contributed by atoms with Gasteiger partial charge in [-0.2, -0.15) is 0 Å². The van der Waals surface area contributed by atoms with Crippen molar-refractivity contribution in [3.8, 4) is 0 Å². The summed E-state index contributed by atoms with van der Waals surface area (Å²) >= 11 is -11.5. The molecule has 0 bridgehead atoms. The van der Waals surface area contributed by atoms with E-state index in [0.29, 0.717) is 0 Å². The molecule has 1 amide bonds. The van der Waals surface area contributed by atoms with Crippen molar-refractivity contribution in [1.82, 2.24) is 5.32 Å². The van der Waals surface area contributed by atoms with Crippen molar-refractivity contribution in [2.75, 3.05) is 0 Å².